The van der Waals surface area contributed by atoms with Crippen LogP contribution in [0.25, 0.3) is 0 Å². The van der Waals surface area contributed by atoms with Crippen LogP contribution < -0.4 is 14.2 Å². The summed E-state index contributed by atoms with van der Waals surface area (Å²) >= 11 is 0. The molecule has 0 spiro atoms. The molecule has 1 fully saturated rings. The minimum absolute atomic E-state index is 0.107. The van der Waals surface area contributed by atoms with Crippen LogP contribution in [-0.2, 0) is 27.4 Å². The predicted molar refractivity (Wildman–Crippen MR) is 221 cm³/mol. The number of carbonyl (C=O) groups excluding carboxylic acids is 1. The monoisotopic (exact) mass is 778 g/mol. The topological polar surface area (TPSA) is 119 Å². The first kappa shape index (κ1) is 41.7. The second kappa shape index (κ2) is 20.0. The smallest absolute Gasteiger partial charge is 0.239 e. The molecular formula is C47H58N2O8. The van der Waals surface area contributed by atoms with Gasteiger partial charge >= 0.3 is 0 Å². The molecule has 10 nitrogen and oxygen atoms in total. The Balaban J connectivity index is 1.53. The highest BCUT2D eigenvalue weighted by Crippen LogP contribution is 2.61. The lowest BCUT2D eigenvalue weighted by Crippen LogP contribution is -2.69. The molecule has 0 bridgehead atoms. The molecule has 3 aromatic rings. The van der Waals surface area contributed by atoms with E-state index < -0.39 is 17.7 Å². The van der Waals surface area contributed by atoms with E-state index in [2.05, 4.69) is 25.3 Å². The first-order chi connectivity index (χ1) is 27.9. The Bertz CT molecular complexity index is 1880. The van der Waals surface area contributed by atoms with E-state index in [0.717, 1.165) is 53.7 Å². The van der Waals surface area contributed by atoms with E-state index in [1.807, 2.05) is 73.8 Å². The number of fused-ring (bicyclic) bond motifs is 2. The van der Waals surface area contributed by atoms with Crippen molar-refractivity contribution in [3.63, 3.8) is 0 Å². The molecule has 304 valence electrons. The summed E-state index contributed by atoms with van der Waals surface area (Å²) in [6, 6.07) is 22.8. The number of unbranched alkanes of at least 4 members (excludes halogenated alkanes) is 2. The van der Waals surface area contributed by atoms with E-state index in [4.69, 9.17) is 28.9 Å². The van der Waals surface area contributed by atoms with Gasteiger partial charge in [0.2, 0.25) is 11.7 Å². The van der Waals surface area contributed by atoms with Crippen molar-refractivity contribution in [1.29, 1.82) is 0 Å². The van der Waals surface area contributed by atoms with Gasteiger partial charge in [-0.1, -0.05) is 85.3 Å². The van der Waals surface area contributed by atoms with Crippen molar-refractivity contribution in [1.82, 2.24) is 4.90 Å². The van der Waals surface area contributed by atoms with Crippen LogP contribution in [0.4, 0.5) is 0 Å². The van der Waals surface area contributed by atoms with Crippen LogP contribution >= 0.6 is 0 Å². The normalized spacial score (nSPS) is 24.0. The second-order valence-electron chi connectivity index (χ2n) is 15.2. The molecule has 6 atom stereocenters. The summed E-state index contributed by atoms with van der Waals surface area (Å²) < 4.78 is 25.8. The number of likely N-dealkylation sites (N-methyl/N-ethyl adjacent to an activating group) is 1. The number of nitrogens with zero attached hydrogens (tertiary/aromatic N) is 2. The number of rotatable bonds is 21. The van der Waals surface area contributed by atoms with Gasteiger partial charge in [-0.2, -0.15) is 0 Å². The summed E-state index contributed by atoms with van der Waals surface area (Å²) in [7, 11) is 3.44. The van der Waals surface area contributed by atoms with Gasteiger partial charge in [-0.15, -0.1) is 6.58 Å². The summed E-state index contributed by atoms with van der Waals surface area (Å²) in [5.41, 5.74) is 4.55. The van der Waals surface area contributed by atoms with Crippen LogP contribution in [-0.4, -0.2) is 79.1 Å². The number of oxime groups is 1. The number of aliphatic hydroxyl groups excluding tert-OH is 2. The van der Waals surface area contributed by atoms with Crippen LogP contribution in [0.3, 0.4) is 0 Å². The number of aliphatic hydroxyl groups is 2. The Morgan fingerprint density at radius 1 is 0.930 bits per heavy atom. The lowest BCUT2D eigenvalue weighted by molar-refractivity contribution is -0.255. The zero-order valence-electron chi connectivity index (χ0n) is 33.4. The van der Waals surface area contributed by atoms with Crippen LogP contribution in [0.5, 0.6) is 17.2 Å². The molecule has 0 radical (unpaired) electrons. The van der Waals surface area contributed by atoms with E-state index >= 15 is 0 Å². The molecule has 0 saturated heterocycles. The Labute approximate surface area is 337 Å². The molecule has 6 unspecified atom stereocenters. The number of methoxy groups -OCH3 is 1. The number of hydrogen-bond donors (Lipinski definition) is 2. The quantitative estimate of drug-likeness (QED) is 0.0640. The number of benzene rings is 3. The molecule has 57 heavy (non-hydrogen) atoms. The van der Waals surface area contributed by atoms with Crippen molar-refractivity contribution in [3.8, 4) is 17.2 Å². The SMILES string of the molecule is C=CCOc1ccc2c(c1)C1C(CCCCO)C(CCCCO)C=C3C(=NOCc4ccccc4)CC(N(C)C(=O)Cc4cccc(OC)c4)C(OCC=C)(O2)C31. The minimum Gasteiger partial charge on any atom is -0.497 e. The molecule has 10 heteroatoms. The van der Waals surface area contributed by atoms with Crippen LogP contribution in [0.1, 0.15) is 67.6 Å². The fraction of sp³-hybridized carbons (Fsp3) is 0.447. The maximum absolute atomic E-state index is 14.5. The van der Waals surface area contributed by atoms with Crippen LogP contribution in [0.2, 0.25) is 0 Å². The third-order valence-corrected chi connectivity index (χ3v) is 11.6. The number of hydrogen-bond acceptors (Lipinski definition) is 9. The molecule has 2 aliphatic carbocycles. The number of ether oxygens (including phenoxy) is 4. The fourth-order valence-corrected chi connectivity index (χ4v) is 8.99. The number of allylic oxidation sites excluding steroid dienone is 1. The number of amides is 1. The summed E-state index contributed by atoms with van der Waals surface area (Å²) in [4.78, 5) is 22.4. The van der Waals surface area contributed by atoms with Gasteiger partial charge in [-0.05, 0) is 84.6 Å². The van der Waals surface area contributed by atoms with Gasteiger partial charge in [-0.25, -0.2) is 0 Å². The average Bonchev–Trinajstić information content (AvgIpc) is 3.23. The van der Waals surface area contributed by atoms with Crippen molar-refractivity contribution in [3.05, 3.63) is 126 Å². The first-order valence-electron chi connectivity index (χ1n) is 20.2. The summed E-state index contributed by atoms with van der Waals surface area (Å²) in [6.45, 7) is 8.93. The molecule has 3 aromatic carbocycles. The summed E-state index contributed by atoms with van der Waals surface area (Å²) in [5, 5.41) is 24.6. The molecule has 6 rings (SSSR count). The summed E-state index contributed by atoms with van der Waals surface area (Å²) in [5.74, 6) is 0.301. The van der Waals surface area contributed by atoms with Gasteiger partial charge in [0.25, 0.3) is 0 Å². The Morgan fingerprint density at radius 3 is 2.42 bits per heavy atom. The van der Waals surface area contributed by atoms with Gasteiger partial charge in [0.05, 0.1) is 31.8 Å². The Kier molecular flexibility index (Phi) is 14.6. The molecule has 1 saturated carbocycles. The molecular weight excluding hydrogens is 721 g/mol. The van der Waals surface area contributed by atoms with Gasteiger partial charge < -0.3 is 38.9 Å². The van der Waals surface area contributed by atoms with Crippen molar-refractivity contribution in [2.45, 2.75) is 75.7 Å². The number of carbonyl (C=O) groups is 1. The van der Waals surface area contributed by atoms with E-state index in [0.29, 0.717) is 43.1 Å². The van der Waals surface area contributed by atoms with Crippen molar-refractivity contribution >= 4 is 11.6 Å². The Hall–Kier alpha value is -4.90. The maximum Gasteiger partial charge on any atom is 0.239 e. The highest BCUT2D eigenvalue weighted by atomic mass is 16.7. The third kappa shape index (κ3) is 9.46. The fourth-order valence-electron chi connectivity index (χ4n) is 8.99. The molecule has 2 N–H and O–H groups in total. The van der Waals surface area contributed by atoms with E-state index in [1.165, 1.54) is 0 Å². The highest BCUT2D eigenvalue weighted by molar-refractivity contribution is 6.03. The van der Waals surface area contributed by atoms with Gasteiger partial charge in [-0.3, -0.25) is 4.79 Å². The molecule has 1 heterocycles. The maximum atomic E-state index is 14.5. The zero-order valence-corrected chi connectivity index (χ0v) is 33.4. The Morgan fingerprint density at radius 2 is 1.68 bits per heavy atom. The van der Waals surface area contributed by atoms with Crippen LogP contribution in [0.15, 0.2) is 115 Å². The predicted octanol–water partition coefficient (Wildman–Crippen LogP) is 7.79. The molecule has 0 aromatic heterocycles. The standard InChI is InChI=1S/C47H58N2O8/c1-5-25-54-37-21-22-42-40(30-37)45-38(20-11-13-24-51)35(18-10-12-23-50)29-39-41(48-56-32-33-15-8-7-9-16-33)31-43(47(57-42,46(39)45)55-26-6-2)49(3)44(52)28-34-17-14-19-36(27-34)53-4/h5-9,14-17,19,21-22,27,29-30,35,38,43,45-46,50-51H,1-2,10-13,18,20,23-26,28,31-32H2,3-4H3. The van der Waals surface area contributed by atoms with E-state index in [-0.39, 0.29) is 56.5 Å². The third-order valence-electron chi connectivity index (χ3n) is 11.6. The second-order valence-corrected chi connectivity index (χ2v) is 15.2. The van der Waals surface area contributed by atoms with Crippen molar-refractivity contribution in [2.75, 3.05) is 40.6 Å². The minimum atomic E-state index is -1.33. The van der Waals surface area contributed by atoms with Gasteiger partial charge in [0.1, 0.15) is 36.5 Å². The molecule has 1 amide bonds. The molecule has 1 aliphatic heterocycles. The van der Waals surface area contributed by atoms with Crippen LogP contribution in [0, 0.1) is 17.8 Å². The largest absolute Gasteiger partial charge is 0.497 e. The zero-order chi connectivity index (χ0) is 40.2. The average molecular weight is 779 g/mol. The lowest BCUT2D eigenvalue weighted by atomic mass is 9.55. The summed E-state index contributed by atoms with van der Waals surface area (Å²) in [6.07, 6.45) is 11.0. The first-order valence-corrected chi connectivity index (χ1v) is 20.2. The van der Waals surface area contributed by atoms with E-state index in [1.54, 1.807) is 24.2 Å². The van der Waals surface area contributed by atoms with Gasteiger partial charge in [0.15, 0.2) is 0 Å². The van der Waals surface area contributed by atoms with Crippen molar-refractivity contribution in [2.24, 2.45) is 22.9 Å². The van der Waals surface area contributed by atoms with Gasteiger partial charge in [0, 0.05) is 38.2 Å². The molecule has 3 aliphatic rings. The lowest BCUT2D eigenvalue weighted by Gasteiger charge is -2.59. The van der Waals surface area contributed by atoms with E-state index in [9.17, 15) is 15.0 Å². The highest BCUT2D eigenvalue weighted by Gasteiger charge is 2.65. The van der Waals surface area contributed by atoms with Crippen molar-refractivity contribution < 1.29 is 38.8 Å².